The quantitative estimate of drug-likeness (QED) is 0.485. The molecule has 9 heteroatoms. The first-order valence-corrected chi connectivity index (χ1v) is 12.1. The molecular formula is C22H19N5O2S2. The molecule has 2 atom stereocenters. The largest absolute Gasteiger partial charge is 0.240 e. The number of nitrogens with zero attached hydrogens (tertiary/aromatic N) is 4. The monoisotopic (exact) mass is 449 g/mol. The second-order valence-corrected chi connectivity index (χ2v) is 10.0. The maximum atomic E-state index is 13.0. The van der Waals surface area contributed by atoms with Crippen LogP contribution >= 0.6 is 11.8 Å². The van der Waals surface area contributed by atoms with Gasteiger partial charge >= 0.3 is 0 Å². The molecule has 1 aliphatic carbocycles. The van der Waals surface area contributed by atoms with E-state index in [1.807, 2.05) is 54.6 Å². The minimum atomic E-state index is -3.66. The van der Waals surface area contributed by atoms with E-state index in [1.165, 1.54) is 11.8 Å². The van der Waals surface area contributed by atoms with Crippen molar-refractivity contribution in [2.75, 3.05) is 0 Å². The first-order chi connectivity index (χ1) is 15.1. The fourth-order valence-electron chi connectivity index (χ4n) is 3.77. The number of tetrazole rings is 1. The average molecular weight is 450 g/mol. The molecule has 0 fully saturated rings. The number of sulfonamides is 1. The number of benzene rings is 3. The van der Waals surface area contributed by atoms with Crippen molar-refractivity contribution in [1.29, 1.82) is 0 Å². The van der Waals surface area contributed by atoms with Gasteiger partial charge in [0.2, 0.25) is 15.2 Å². The van der Waals surface area contributed by atoms with E-state index in [4.69, 9.17) is 0 Å². The number of thioether (sulfide) groups is 1. The number of hydrogen-bond donors (Lipinski definition) is 1. The minimum absolute atomic E-state index is 0.164. The molecule has 156 valence electrons. The average Bonchev–Trinajstić information content (AvgIpc) is 3.40. The van der Waals surface area contributed by atoms with E-state index in [0.29, 0.717) is 11.6 Å². The number of para-hydroxylation sites is 1. The summed E-state index contributed by atoms with van der Waals surface area (Å²) >= 11 is 1.47. The molecule has 0 radical (unpaired) electrons. The molecule has 7 nitrogen and oxygen atoms in total. The van der Waals surface area contributed by atoms with E-state index in [1.54, 1.807) is 35.0 Å². The Morgan fingerprint density at radius 3 is 2.35 bits per heavy atom. The summed E-state index contributed by atoms with van der Waals surface area (Å²) < 4.78 is 30.6. The van der Waals surface area contributed by atoms with Gasteiger partial charge in [0.05, 0.1) is 15.8 Å². The van der Waals surface area contributed by atoms with Crippen molar-refractivity contribution in [3.8, 4) is 5.69 Å². The number of rotatable bonds is 6. The van der Waals surface area contributed by atoms with Crippen molar-refractivity contribution < 1.29 is 8.42 Å². The third kappa shape index (κ3) is 3.99. The van der Waals surface area contributed by atoms with Crippen LogP contribution in [0.2, 0.25) is 0 Å². The second-order valence-electron chi connectivity index (χ2n) is 7.19. The normalized spacial score (nSPS) is 18.1. The van der Waals surface area contributed by atoms with Gasteiger partial charge in [-0.15, -0.1) is 5.10 Å². The van der Waals surface area contributed by atoms with E-state index in [0.717, 1.165) is 16.8 Å². The van der Waals surface area contributed by atoms with Crippen LogP contribution < -0.4 is 4.72 Å². The van der Waals surface area contributed by atoms with Gasteiger partial charge in [0.15, 0.2) is 0 Å². The lowest BCUT2D eigenvalue weighted by atomic mass is 10.1. The van der Waals surface area contributed by atoms with Crippen LogP contribution in [0, 0.1) is 0 Å². The fraction of sp³-hybridized carbons (Fsp3) is 0.136. The molecule has 31 heavy (non-hydrogen) atoms. The lowest BCUT2D eigenvalue weighted by molar-refractivity contribution is 0.552. The number of nitrogens with one attached hydrogen (secondary N) is 1. The first kappa shape index (κ1) is 19.9. The van der Waals surface area contributed by atoms with Crippen molar-refractivity contribution in [1.82, 2.24) is 24.9 Å². The van der Waals surface area contributed by atoms with Gasteiger partial charge in [-0.2, -0.15) is 4.68 Å². The third-order valence-corrected chi connectivity index (χ3v) is 8.01. The van der Waals surface area contributed by atoms with Gasteiger partial charge in [-0.1, -0.05) is 72.4 Å². The van der Waals surface area contributed by atoms with Crippen LogP contribution in [0.3, 0.4) is 0 Å². The van der Waals surface area contributed by atoms with Crippen LogP contribution in [0.5, 0.6) is 0 Å². The lowest BCUT2D eigenvalue weighted by Gasteiger charge is -2.21. The standard InChI is InChI=1S/C22H19N5O2S2/c28-31(29,18-12-5-2-6-13-18)24-20-15-16-9-7-8-14-19(16)21(20)30-22-23-25-26-27(22)17-10-3-1-4-11-17/h1-14,20-21,24H,15H2/t20-,21+/m1/s1. The van der Waals surface area contributed by atoms with Crippen LogP contribution in [0.4, 0.5) is 0 Å². The van der Waals surface area contributed by atoms with Gasteiger partial charge in [0, 0.05) is 6.04 Å². The lowest BCUT2D eigenvalue weighted by Crippen LogP contribution is -2.37. The van der Waals surface area contributed by atoms with Crippen LogP contribution in [0.15, 0.2) is 95.0 Å². The van der Waals surface area contributed by atoms with Crippen molar-refractivity contribution in [2.24, 2.45) is 0 Å². The highest BCUT2D eigenvalue weighted by molar-refractivity contribution is 7.99. The van der Waals surface area contributed by atoms with Crippen molar-refractivity contribution in [2.45, 2.75) is 27.8 Å². The Morgan fingerprint density at radius 1 is 0.903 bits per heavy atom. The Morgan fingerprint density at radius 2 is 1.58 bits per heavy atom. The molecule has 3 aromatic carbocycles. The van der Waals surface area contributed by atoms with E-state index < -0.39 is 10.0 Å². The summed E-state index contributed by atoms with van der Waals surface area (Å²) in [5.41, 5.74) is 3.07. The predicted molar refractivity (Wildman–Crippen MR) is 118 cm³/mol. The molecule has 4 aromatic rings. The fourth-order valence-corrected chi connectivity index (χ4v) is 6.37. The summed E-state index contributed by atoms with van der Waals surface area (Å²) in [5, 5.41) is 12.6. The number of hydrogen-bond acceptors (Lipinski definition) is 6. The Bertz CT molecular complexity index is 1290. The van der Waals surface area contributed by atoms with Gasteiger partial charge in [-0.25, -0.2) is 13.1 Å². The van der Waals surface area contributed by atoms with Crippen LogP contribution in [0.25, 0.3) is 5.69 Å². The zero-order chi connectivity index (χ0) is 21.3. The Balaban J connectivity index is 1.48. The minimum Gasteiger partial charge on any atom is -0.207 e. The maximum Gasteiger partial charge on any atom is 0.240 e. The molecule has 0 amide bonds. The molecule has 1 heterocycles. The van der Waals surface area contributed by atoms with Crippen LogP contribution in [-0.4, -0.2) is 34.7 Å². The maximum absolute atomic E-state index is 13.0. The summed E-state index contributed by atoms with van der Waals surface area (Å²) in [6.07, 6.45) is 0.604. The smallest absolute Gasteiger partial charge is 0.207 e. The number of fused-ring (bicyclic) bond motifs is 1. The van der Waals surface area contributed by atoms with Crippen LogP contribution in [-0.2, 0) is 16.4 Å². The van der Waals surface area contributed by atoms with E-state index in [2.05, 4.69) is 20.2 Å². The Labute approximate surface area is 184 Å². The zero-order valence-electron chi connectivity index (χ0n) is 16.4. The molecule has 0 unspecified atom stereocenters. The summed E-state index contributed by atoms with van der Waals surface area (Å²) in [5.74, 6) is 0. The molecule has 0 saturated carbocycles. The summed E-state index contributed by atoms with van der Waals surface area (Å²) in [6, 6.07) is 25.8. The molecule has 0 spiro atoms. The topological polar surface area (TPSA) is 89.8 Å². The van der Waals surface area contributed by atoms with Gasteiger partial charge in [0.1, 0.15) is 0 Å². The molecule has 0 aliphatic heterocycles. The molecule has 5 rings (SSSR count). The molecular weight excluding hydrogens is 430 g/mol. The van der Waals surface area contributed by atoms with E-state index in [9.17, 15) is 8.42 Å². The Hall–Kier alpha value is -3.01. The van der Waals surface area contributed by atoms with E-state index >= 15 is 0 Å². The molecule has 1 aromatic heterocycles. The SMILES string of the molecule is O=S(=O)(N[C@@H]1Cc2ccccc2[C@@H]1Sc1nnnn1-c1ccccc1)c1ccccc1. The van der Waals surface area contributed by atoms with Crippen molar-refractivity contribution in [3.63, 3.8) is 0 Å². The second kappa shape index (κ2) is 8.26. The first-order valence-electron chi connectivity index (χ1n) is 9.77. The summed E-state index contributed by atoms with van der Waals surface area (Å²) in [7, 11) is -3.66. The predicted octanol–water partition coefficient (Wildman–Crippen LogP) is 3.40. The molecule has 1 aliphatic rings. The van der Waals surface area contributed by atoms with Gasteiger partial charge in [-0.05, 0) is 52.2 Å². The van der Waals surface area contributed by atoms with E-state index in [-0.39, 0.29) is 16.2 Å². The van der Waals surface area contributed by atoms with Crippen molar-refractivity contribution >= 4 is 21.8 Å². The highest BCUT2D eigenvalue weighted by atomic mass is 32.2. The van der Waals surface area contributed by atoms with Crippen molar-refractivity contribution in [3.05, 3.63) is 96.1 Å². The van der Waals surface area contributed by atoms with Gasteiger partial charge in [0.25, 0.3) is 0 Å². The highest BCUT2D eigenvalue weighted by Crippen LogP contribution is 2.44. The molecule has 0 saturated heterocycles. The van der Waals surface area contributed by atoms with Crippen LogP contribution in [0.1, 0.15) is 16.4 Å². The molecule has 0 bridgehead atoms. The van der Waals surface area contributed by atoms with Gasteiger partial charge < -0.3 is 0 Å². The highest BCUT2D eigenvalue weighted by Gasteiger charge is 2.37. The van der Waals surface area contributed by atoms with Gasteiger partial charge in [-0.3, -0.25) is 0 Å². The zero-order valence-corrected chi connectivity index (χ0v) is 18.0. The number of aromatic nitrogens is 4. The summed E-state index contributed by atoms with van der Waals surface area (Å²) in [4.78, 5) is 0.254. The Kier molecular flexibility index (Phi) is 5.31. The third-order valence-electron chi connectivity index (χ3n) is 5.20. The molecule has 1 N–H and O–H groups in total. The summed E-state index contributed by atoms with van der Waals surface area (Å²) in [6.45, 7) is 0.